The van der Waals surface area contributed by atoms with Crippen LogP contribution < -0.4 is 0 Å². The Balaban J connectivity index is 1.84. The van der Waals surface area contributed by atoms with E-state index in [1.807, 2.05) is 17.5 Å². The fourth-order valence-corrected chi connectivity index (χ4v) is 2.06. The molecule has 0 aliphatic carbocycles. The molecule has 0 unspecified atom stereocenters. The summed E-state index contributed by atoms with van der Waals surface area (Å²) in [7, 11) is 0. The standard InChI is InChI=1S/C11H12N2O3S/c14-10(15)6-2-1-5-9-12-11(13-16-9)8-4-3-7-17-8/h3-4,7H,1-2,5-6H2,(H,14,15). The monoisotopic (exact) mass is 252 g/mol. The van der Waals surface area contributed by atoms with Crippen molar-refractivity contribution in [3.63, 3.8) is 0 Å². The summed E-state index contributed by atoms with van der Waals surface area (Å²) in [6.45, 7) is 0. The van der Waals surface area contributed by atoms with Gasteiger partial charge in [-0.25, -0.2) is 0 Å². The van der Waals surface area contributed by atoms with E-state index in [-0.39, 0.29) is 6.42 Å². The molecule has 0 saturated heterocycles. The van der Waals surface area contributed by atoms with Crippen LogP contribution in [0.4, 0.5) is 0 Å². The quantitative estimate of drug-likeness (QED) is 0.800. The molecule has 0 radical (unpaired) electrons. The average molecular weight is 252 g/mol. The summed E-state index contributed by atoms with van der Waals surface area (Å²) >= 11 is 1.56. The molecule has 0 spiro atoms. The zero-order valence-electron chi connectivity index (χ0n) is 9.13. The number of aliphatic carboxylic acids is 1. The topological polar surface area (TPSA) is 76.2 Å². The van der Waals surface area contributed by atoms with Crippen LogP contribution in [0.15, 0.2) is 22.0 Å². The maximum atomic E-state index is 10.3. The second-order valence-corrected chi connectivity index (χ2v) is 4.54. The van der Waals surface area contributed by atoms with Gasteiger partial charge in [-0.1, -0.05) is 11.2 Å². The zero-order chi connectivity index (χ0) is 12.1. The van der Waals surface area contributed by atoms with E-state index >= 15 is 0 Å². The van der Waals surface area contributed by atoms with Gasteiger partial charge in [-0.05, 0) is 24.3 Å². The first-order valence-electron chi connectivity index (χ1n) is 5.34. The molecule has 6 heteroatoms. The Bertz CT molecular complexity index is 479. The van der Waals surface area contributed by atoms with Crippen LogP contribution >= 0.6 is 11.3 Å². The molecular weight excluding hydrogens is 240 g/mol. The number of carboxylic acid groups (broad SMARTS) is 1. The van der Waals surface area contributed by atoms with Crippen molar-refractivity contribution in [3.8, 4) is 10.7 Å². The van der Waals surface area contributed by atoms with Gasteiger partial charge in [0.25, 0.3) is 0 Å². The largest absolute Gasteiger partial charge is 0.481 e. The van der Waals surface area contributed by atoms with Crippen LogP contribution in [0.5, 0.6) is 0 Å². The van der Waals surface area contributed by atoms with Crippen LogP contribution in [0, 0.1) is 0 Å². The van der Waals surface area contributed by atoms with Crippen molar-refractivity contribution >= 4 is 17.3 Å². The lowest BCUT2D eigenvalue weighted by Crippen LogP contribution is -1.95. The third-order valence-corrected chi connectivity index (χ3v) is 3.11. The van der Waals surface area contributed by atoms with Crippen molar-refractivity contribution in [2.75, 3.05) is 0 Å². The number of hydrogen-bond acceptors (Lipinski definition) is 5. The van der Waals surface area contributed by atoms with Crippen molar-refractivity contribution in [2.45, 2.75) is 25.7 Å². The van der Waals surface area contributed by atoms with Crippen LogP contribution in [0.2, 0.25) is 0 Å². The summed E-state index contributed by atoms with van der Waals surface area (Å²) in [5.74, 6) is 0.404. The molecule has 0 atom stereocenters. The van der Waals surface area contributed by atoms with Crippen LogP contribution in [0.1, 0.15) is 25.2 Å². The highest BCUT2D eigenvalue weighted by molar-refractivity contribution is 7.13. The number of nitrogens with zero attached hydrogens (tertiary/aromatic N) is 2. The molecular formula is C11H12N2O3S. The van der Waals surface area contributed by atoms with Crippen LogP contribution in [-0.2, 0) is 11.2 Å². The minimum atomic E-state index is -0.769. The maximum absolute atomic E-state index is 10.3. The van der Waals surface area contributed by atoms with Gasteiger partial charge in [-0.3, -0.25) is 4.79 Å². The fourth-order valence-electron chi connectivity index (χ4n) is 1.41. The normalized spacial score (nSPS) is 10.6. The number of carboxylic acids is 1. The Hall–Kier alpha value is -1.69. The number of unbranched alkanes of at least 4 members (excludes halogenated alkanes) is 1. The molecule has 2 aromatic rings. The molecule has 1 N–H and O–H groups in total. The minimum Gasteiger partial charge on any atom is -0.481 e. The van der Waals surface area contributed by atoms with Crippen LogP contribution in [-0.4, -0.2) is 21.2 Å². The molecule has 0 amide bonds. The number of aryl methyl sites for hydroxylation is 1. The van der Waals surface area contributed by atoms with Crippen LogP contribution in [0.25, 0.3) is 10.7 Å². The second-order valence-electron chi connectivity index (χ2n) is 3.59. The lowest BCUT2D eigenvalue weighted by Gasteiger charge is -1.93. The molecule has 0 aromatic carbocycles. The smallest absolute Gasteiger partial charge is 0.303 e. The minimum absolute atomic E-state index is 0.186. The number of hydrogen-bond donors (Lipinski definition) is 1. The maximum Gasteiger partial charge on any atom is 0.303 e. The Morgan fingerprint density at radius 3 is 3.06 bits per heavy atom. The number of rotatable bonds is 6. The molecule has 17 heavy (non-hydrogen) atoms. The SMILES string of the molecule is O=C(O)CCCCc1nc(-c2cccs2)no1. The average Bonchev–Trinajstić information content (AvgIpc) is 2.94. The summed E-state index contributed by atoms with van der Waals surface area (Å²) < 4.78 is 5.09. The van der Waals surface area contributed by atoms with Gasteiger partial charge in [0.2, 0.25) is 11.7 Å². The van der Waals surface area contributed by atoms with Gasteiger partial charge < -0.3 is 9.63 Å². The molecule has 0 aliphatic heterocycles. The highest BCUT2D eigenvalue weighted by atomic mass is 32.1. The molecule has 0 aliphatic rings. The van der Waals surface area contributed by atoms with E-state index in [4.69, 9.17) is 9.63 Å². The summed E-state index contributed by atoms with van der Waals surface area (Å²) in [5.41, 5.74) is 0. The lowest BCUT2D eigenvalue weighted by molar-refractivity contribution is -0.137. The summed E-state index contributed by atoms with van der Waals surface area (Å²) in [5, 5.41) is 14.3. The van der Waals surface area contributed by atoms with Gasteiger partial charge in [0.1, 0.15) is 0 Å². The molecule has 90 valence electrons. The third kappa shape index (κ3) is 3.39. The van der Waals surface area contributed by atoms with E-state index in [1.165, 1.54) is 0 Å². The lowest BCUT2D eigenvalue weighted by atomic mass is 10.2. The zero-order valence-corrected chi connectivity index (χ0v) is 9.94. The summed E-state index contributed by atoms with van der Waals surface area (Å²) in [4.78, 5) is 15.6. The predicted molar refractivity (Wildman–Crippen MR) is 62.8 cm³/mol. The van der Waals surface area contributed by atoms with Gasteiger partial charge in [0.15, 0.2) is 0 Å². The molecule has 2 heterocycles. The Labute approximate surface area is 102 Å². The third-order valence-electron chi connectivity index (χ3n) is 2.24. The summed E-state index contributed by atoms with van der Waals surface area (Å²) in [6.07, 6.45) is 2.20. The van der Waals surface area contributed by atoms with Crippen molar-refractivity contribution in [2.24, 2.45) is 0 Å². The van der Waals surface area contributed by atoms with E-state index in [9.17, 15) is 4.79 Å². The molecule has 5 nitrogen and oxygen atoms in total. The van der Waals surface area contributed by atoms with Crippen molar-refractivity contribution in [1.82, 2.24) is 10.1 Å². The van der Waals surface area contributed by atoms with Crippen LogP contribution in [0.3, 0.4) is 0 Å². The molecule has 0 fully saturated rings. The number of carbonyl (C=O) groups is 1. The molecule has 0 saturated carbocycles. The van der Waals surface area contributed by atoms with E-state index in [0.717, 1.165) is 11.3 Å². The van der Waals surface area contributed by atoms with E-state index in [0.29, 0.717) is 24.6 Å². The van der Waals surface area contributed by atoms with Crippen molar-refractivity contribution < 1.29 is 14.4 Å². The number of aromatic nitrogens is 2. The van der Waals surface area contributed by atoms with Crippen molar-refractivity contribution in [1.29, 1.82) is 0 Å². The Morgan fingerprint density at radius 2 is 2.35 bits per heavy atom. The summed E-state index contributed by atoms with van der Waals surface area (Å²) in [6, 6.07) is 3.87. The van der Waals surface area contributed by atoms with Crippen molar-refractivity contribution in [3.05, 3.63) is 23.4 Å². The van der Waals surface area contributed by atoms with E-state index in [2.05, 4.69) is 10.1 Å². The molecule has 2 aromatic heterocycles. The second kappa shape index (κ2) is 5.58. The first-order chi connectivity index (χ1) is 8.25. The van der Waals surface area contributed by atoms with Gasteiger partial charge in [-0.15, -0.1) is 11.3 Å². The van der Waals surface area contributed by atoms with Gasteiger partial charge in [0, 0.05) is 12.8 Å². The van der Waals surface area contributed by atoms with Gasteiger partial charge in [-0.2, -0.15) is 4.98 Å². The Kier molecular flexibility index (Phi) is 3.87. The van der Waals surface area contributed by atoms with Gasteiger partial charge in [0.05, 0.1) is 4.88 Å². The highest BCUT2D eigenvalue weighted by Gasteiger charge is 2.09. The highest BCUT2D eigenvalue weighted by Crippen LogP contribution is 2.21. The molecule has 2 rings (SSSR count). The molecule has 0 bridgehead atoms. The predicted octanol–water partition coefficient (Wildman–Crippen LogP) is 2.60. The number of thiophene rings is 1. The van der Waals surface area contributed by atoms with E-state index < -0.39 is 5.97 Å². The van der Waals surface area contributed by atoms with Gasteiger partial charge >= 0.3 is 5.97 Å². The fraction of sp³-hybridized carbons (Fsp3) is 0.364. The first-order valence-corrected chi connectivity index (χ1v) is 6.22. The Morgan fingerprint density at radius 1 is 1.47 bits per heavy atom. The van der Waals surface area contributed by atoms with E-state index in [1.54, 1.807) is 11.3 Å². The first kappa shape index (κ1) is 11.8.